The van der Waals surface area contributed by atoms with Gasteiger partial charge in [-0.05, 0) is 43.3 Å². The van der Waals surface area contributed by atoms with Crippen LogP contribution in [0.15, 0.2) is 55.1 Å². The van der Waals surface area contributed by atoms with Crippen molar-refractivity contribution >= 4 is 24.3 Å². The molecule has 0 radical (unpaired) electrons. The molecule has 0 spiro atoms. The molecule has 7 nitrogen and oxygen atoms in total. The van der Waals surface area contributed by atoms with E-state index in [0.717, 1.165) is 0 Å². The molecule has 0 heterocycles. The minimum Gasteiger partial charge on any atom is -0.497 e. The molecule has 8 heteroatoms. The lowest BCUT2D eigenvalue weighted by molar-refractivity contribution is -0.384. The first-order valence-electron chi connectivity index (χ1n) is 7.42. The molecule has 0 N–H and O–H groups in total. The van der Waals surface area contributed by atoms with Gasteiger partial charge in [0, 0.05) is 17.7 Å². The first-order chi connectivity index (χ1) is 11.9. The second-order valence-electron chi connectivity index (χ2n) is 4.93. The predicted molar refractivity (Wildman–Crippen MR) is 95.1 cm³/mol. The quantitative estimate of drug-likeness (QED) is 0.303. The van der Waals surface area contributed by atoms with Crippen LogP contribution in [0.25, 0.3) is 5.76 Å². The number of benzene rings is 2. The van der Waals surface area contributed by atoms with Gasteiger partial charge in [0.15, 0.2) is 0 Å². The minimum absolute atomic E-state index is 0.110. The maximum atomic E-state index is 13.1. The second-order valence-corrected chi connectivity index (χ2v) is 6.88. The summed E-state index contributed by atoms with van der Waals surface area (Å²) < 4.78 is 29.1. The third-order valence-corrected chi connectivity index (χ3v) is 5.31. The largest absolute Gasteiger partial charge is 0.497 e. The van der Waals surface area contributed by atoms with Crippen LogP contribution in [-0.4, -0.2) is 18.6 Å². The van der Waals surface area contributed by atoms with Gasteiger partial charge < -0.3 is 9.26 Å². The molecule has 1 atom stereocenters. The highest BCUT2D eigenvalue weighted by molar-refractivity contribution is 7.62. The van der Waals surface area contributed by atoms with Crippen molar-refractivity contribution in [3.63, 3.8) is 0 Å². The van der Waals surface area contributed by atoms with Gasteiger partial charge in [0.05, 0.1) is 23.9 Å². The average Bonchev–Trinajstić information content (AvgIpc) is 2.62. The lowest BCUT2D eigenvalue weighted by atomic mass is 10.2. The normalized spacial score (nSPS) is 12.9. The van der Waals surface area contributed by atoms with Crippen LogP contribution < -0.4 is 10.0 Å². The zero-order valence-electron chi connectivity index (χ0n) is 13.9. The highest BCUT2D eigenvalue weighted by atomic mass is 31.2. The van der Waals surface area contributed by atoms with E-state index in [2.05, 4.69) is 6.58 Å². The fourth-order valence-corrected chi connectivity index (χ4v) is 3.61. The molecular formula is C17H18NO6P. The van der Waals surface area contributed by atoms with Crippen molar-refractivity contribution in [3.05, 3.63) is 70.8 Å². The Balaban J connectivity index is 2.27. The summed E-state index contributed by atoms with van der Waals surface area (Å²) in [6.07, 6.45) is 0. The summed E-state index contributed by atoms with van der Waals surface area (Å²) in [7, 11) is -2.16. The molecule has 25 heavy (non-hydrogen) atoms. The summed E-state index contributed by atoms with van der Waals surface area (Å²) in [6.45, 7) is 5.62. The van der Waals surface area contributed by atoms with Crippen LogP contribution in [0.5, 0.6) is 5.75 Å². The van der Waals surface area contributed by atoms with E-state index in [1.807, 2.05) is 0 Å². The molecule has 2 aromatic rings. The molecule has 132 valence electrons. The Hall–Kier alpha value is -2.63. The van der Waals surface area contributed by atoms with Crippen LogP contribution in [0.3, 0.4) is 0 Å². The molecule has 0 aliphatic heterocycles. The van der Waals surface area contributed by atoms with Crippen molar-refractivity contribution in [2.24, 2.45) is 0 Å². The second kappa shape index (κ2) is 7.96. The molecular weight excluding hydrogens is 345 g/mol. The summed E-state index contributed by atoms with van der Waals surface area (Å²) in [4.78, 5) is 10.2. The molecule has 1 unspecified atom stereocenters. The molecule has 0 aromatic heterocycles. The molecule has 0 saturated heterocycles. The van der Waals surface area contributed by atoms with E-state index in [1.165, 1.54) is 24.3 Å². The molecule has 0 bridgehead atoms. The maximum Gasteiger partial charge on any atom is 0.410 e. The van der Waals surface area contributed by atoms with E-state index in [1.54, 1.807) is 38.3 Å². The molecule has 0 saturated carbocycles. The fraction of sp³-hybridized carbons (Fsp3) is 0.176. The van der Waals surface area contributed by atoms with Gasteiger partial charge in [0.2, 0.25) is 0 Å². The summed E-state index contributed by atoms with van der Waals surface area (Å²) >= 11 is 0. The molecule has 2 aromatic carbocycles. The van der Waals surface area contributed by atoms with Gasteiger partial charge in [-0.25, -0.2) is 4.57 Å². The van der Waals surface area contributed by atoms with Crippen molar-refractivity contribution in [3.8, 4) is 5.75 Å². The average molecular weight is 363 g/mol. The third-order valence-electron chi connectivity index (χ3n) is 3.32. The van der Waals surface area contributed by atoms with Gasteiger partial charge in [0.25, 0.3) is 5.69 Å². The number of ether oxygens (including phenoxy) is 1. The number of hydrogen-bond acceptors (Lipinski definition) is 6. The Bertz CT molecular complexity index is 801. The van der Waals surface area contributed by atoms with Crippen LogP contribution in [0.2, 0.25) is 0 Å². The van der Waals surface area contributed by atoms with Gasteiger partial charge in [-0.15, -0.1) is 0 Å². The maximum absolute atomic E-state index is 13.1. The van der Waals surface area contributed by atoms with Gasteiger partial charge in [-0.3, -0.25) is 14.6 Å². The first kappa shape index (κ1) is 18.7. The standard InChI is InChI=1S/C17H18NO6P/c1-4-23-25(21,17-11-7-15(8-12-17)18(19)20)24-13(2)14-5-9-16(22-3)10-6-14/h5-12H,2,4H2,1,3H3. The van der Waals surface area contributed by atoms with Crippen molar-refractivity contribution < 1.29 is 23.3 Å². The highest BCUT2D eigenvalue weighted by Crippen LogP contribution is 2.50. The van der Waals surface area contributed by atoms with E-state index in [0.29, 0.717) is 11.3 Å². The number of rotatable bonds is 8. The SMILES string of the molecule is C=C(OP(=O)(OCC)c1ccc([N+](=O)[O-])cc1)c1ccc(OC)cc1. The number of non-ortho nitro benzene ring substituents is 1. The molecule has 0 aliphatic carbocycles. The van der Waals surface area contributed by atoms with Gasteiger partial charge in [0.1, 0.15) is 11.5 Å². The van der Waals surface area contributed by atoms with Crippen molar-refractivity contribution in [1.29, 1.82) is 0 Å². The summed E-state index contributed by atoms with van der Waals surface area (Å²) in [6, 6.07) is 12.1. The zero-order chi connectivity index (χ0) is 18.4. The fourth-order valence-electron chi connectivity index (χ4n) is 2.06. The van der Waals surface area contributed by atoms with Gasteiger partial charge >= 0.3 is 7.60 Å². The summed E-state index contributed by atoms with van der Waals surface area (Å²) in [5.74, 6) is 0.831. The van der Waals surface area contributed by atoms with Gasteiger partial charge in [-0.2, -0.15) is 0 Å². The van der Waals surface area contributed by atoms with E-state index < -0.39 is 12.5 Å². The number of methoxy groups -OCH3 is 1. The Kier molecular flexibility index (Phi) is 5.96. The smallest absolute Gasteiger partial charge is 0.410 e. The van der Waals surface area contributed by atoms with E-state index in [4.69, 9.17) is 13.8 Å². The molecule has 0 aliphatic rings. The lowest BCUT2D eigenvalue weighted by Gasteiger charge is -2.20. The molecule has 2 rings (SSSR count). The summed E-state index contributed by atoms with van der Waals surface area (Å²) in [5.41, 5.74) is 0.503. The first-order valence-corrected chi connectivity index (χ1v) is 8.96. The monoisotopic (exact) mass is 363 g/mol. The van der Waals surface area contributed by atoms with E-state index >= 15 is 0 Å². The molecule has 0 amide bonds. The Morgan fingerprint density at radius 3 is 2.24 bits per heavy atom. The molecule has 0 fully saturated rings. The van der Waals surface area contributed by atoms with Crippen LogP contribution in [0, 0.1) is 10.1 Å². The topological polar surface area (TPSA) is 87.9 Å². The number of nitro groups is 1. The van der Waals surface area contributed by atoms with Crippen LogP contribution in [0.4, 0.5) is 5.69 Å². The van der Waals surface area contributed by atoms with Crippen LogP contribution >= 0.6 is 7.60 Å². The minimum atomic E-state index is -3.72. The van der Waals surface area contributed by atoms with Crippen LogP contribution in [0.1, 0.15) is 12.5 Å². The third kappa shape index (κ3) is 4.47. The Morgan fingerprint density at radius 2 is 1.76 bits per heavy atom. The lowest BCUT2D eigenvalue weighted by Crippen LogP contribution is -2.10. The van der Waals surface area contributed by atoms with E-state index in [-0.39, 0.29) is 23.4 Å². The highest BCUT2D eigenvalue weighted by Gasteiger charge is 2.30. The predicted octanol–water partition coefficient (Wildman–Crippen LogP) is 4.15. The Labute approximate surface area is 145 Å². The van der Waals surface area contributed by atoms with Gasteiger partial charge in [-0.1, -0.05) is 6.58 Å². The number of nitro benzene ring substituents is 1. The van der Waals surface area contributed by atoms with E-state index in [9.17, 15) is 14.7 Å². The van der Waals surface area contributed by atoms with Crippen molar-refractivity contribution in [2.45, 2.75) is 6.92 Å². The summed E-state index contributed by atoms with van der Waals surface area (Å²) in [5, 5.41) is 11.0. The Morgan fingerprint density at radius 1 is 1.16 bits per heavy atom. The number of nitrogens with zero attached hydrogens (tertiary/aromatic N) is 1. The van der Waals surface area contributed by atoms with Crippen LogP contribution in [-0.2, 0) is 13.6 Å². The number of hydrogen-bond donors (Lipinski definition) is 0. The van der Waals surface area contributed by atoms with Crippen molar-refractivity contribution in [1.82, 2.24) is 0 Å². The zero-order valence-corrected chi connectivity index (χ0v) is 14.8. The van der Waals surface area contributed by atoms with Crippen molar-refractivity contribution in [2.75, 3.05) is 13.7 Å².